The van der Waals surface area contributed by atoms with Gasteiger partial charge in [0.15, 0.2) is 5.56 Å². The zero-order valence-corrected chi connectivity index (χ0v) is 16.6. The van der Waals surface area contributed by atoms with Crippen molar-refractivity contribution in [3.05, 3.63) is 82.2 Å². The van der Waals surface area contributed by atoms with Crippen molar-refractivity contribution in [3.63, 3.8) is 0 Å². The van der Waals surface area contributed by atoms with Crippen molar-refractivity contribution in [2.75, 3.05) is 6.61 Å². The fraction of sp³-hybridized carbons (Fsp3) is 0.250. The molecule has 0 saturated carbocycles. The van der Waals surface area contributed by atoms with Gasteiger partial charge in [-0.25, -0.2) is 9.59 Å². The van der Waals surface area contributed by atoms with Crippen LogP contribution < -0.4 is 5.63 Å². The summed E-state index contributed by atoms with van der Waals surface area (Å²) in [6.07, 6.45) is 0. The maximum absolute atomic E-state index is 12.7. The lowest BCUT2D eigenvalue weighted by atomic mass is 9.86. The van der Waals surface area contributed by atoms with Gasteiger partial charge in [0.1, 0.15) is 5.76 Å². The van der Waals surface area contributed by atoms with E-state index in [2.05, 4.69) is 20.8 Å². The molecule has 28 heavy (non-hydrogen) atoms. The first-order valence-corrected chi connectivity index (χ1v) is 9.33. The number of carbonyl (C=O) groups excluding carboxylic acids is 1. The predicted octanol–water partition coefficient (Wildman–Crippen LogP) is 5.45. The molecule has 0 spiro atoms. The summed E-state index contributed by atoms with van der Waals surface area (Å²) < 4.78 is 10.6. The van der Waals surface area contributed by atoms with E-state index in [4.69, 9.17) is 9.15 Å². The third-order valence-electron chi connectivity index (χ3n) is 4.55. The van der Waals surface area contributed by atoms with Gasteiger partial charge in [-0.15, -0.1) is 0 Å². The van der Waals surface area contributed by atoms with Crippen LogP contribution in [0, 0.1) is 0 Å². The molecule has 4 nitrogen and oxygen atoms in total. The van der Waals surface area contributed by atoms with Crippen LogP contribution in [-0.2, 0) is 10.2 Å². The molecule has 3 aromatic rings. The van der Waals surface area contributed by atoms with Crippen molar-refractivity contribution in [2.24, 2.45) is 0 Å². The van der Waals surface area contributed by atoms with Crippen LogP contribution in [-0.4, -0.2) is 12.6 Å². The highest BCUT2D eigenvalue weighted by atomic mass is 16.5. The molecule has 144 valence electrons. The van der Waals surface area contributed by atoms with Crippen LogP contribution in [0.5, 0.6) is 0 Å². The summed E-state index contributed by atoms with van der Waals surface area (Å²) >= 11 is 0. The Hall–Kier alpha value is -3.14. The molecule has 0 aliphatic rings. The minimum atomic E-state index is -0.699. The molecular weight excluding hydrogens is 352 g/mol. The van der Waals surface area contributed by atoms with Crippen LogP contribution in [0.15, 0.2) is 69.9 Å². The van der Waals surface area contributed by atoms with Crippen LogP contribution in [0.1, 0.15) is 43.6 Å². The van der Waals surface area contributed by atoms with Crippen LogP contribution in [0.25, 0.3) is 22.5 Å². The Morgan fingerprint density at radius 3 is 2.18 bits per heavy atom. The average Bonchev–Trinajstić information content (AvgIpc) is 2.67. The van der Waals surface area contributed by atoms with Gasteiger partial charge in [0.05, 0.1) is 6.61 Å². The fourth-order valence-corrected chi connectivity index (χ4v) is 3.01. The second kappa shape index (κ2) is 7.85. The highest BCUT2D eigenvalue weighted by Crippen LogP contribution is 2.30. The van der Waals surface area contributed by atoms with Gasteiger partial charge in [-0.05, 0) is 29.5 Å². The smallest absolute Gasteiger partial charge is 0.351 e. The van der Waals surface area contributed by atoms with Crippen LogP contribution in [0.2, 0.25) is 0 Å². The first-order valence-electron chi connectivity index (χ1n) is 9.33. The number of benzene rings is 2. The molecule has 0 unspecified atom stereocenters. The monoisotopic (exact) mass is 376 g/mol. The summed E-state index contributed by atoms with van der Waals surface area (Å²) in [5.41, 5.74) is 2.47. The Bertz CT molecular complexity index is 1020. The van der Waals surface area contributed by atoms with Gasteiger partial charge in [-0.2, -0.15) is 0 Å². The van der Waals surface area contributed by atoms with Gasteiger partial charge in [0, 0.05) is 11.1 Å². The molecule has 0 saturated heterocycles. The van der Waals surface area contributed by atoms with E-state index in [1.54, 1.807) is 13.0 Å². The molecule has 0 fully saturated rings. The van der Waals surface area contributed by atoms with Crippen LogP contribution in [0.4, 0.5) is 0 Å². The Labute approximate surface area is 164 Å². The zero-order chi connectivity index (χ0) is 20.3. The number of carbonyl (C=O) groups is 1. The Balaban J connectivity index is 2.16. The molecule has 0 N–H and O–H groups in total. The van der Waals surface area contributed by atoms with Gasteiger partial charge >= 0.3 is 11.6 Å². The van der Waals surface area contributed by atoms with Gasteiger partial charge in [-0.3, -0.25) is 0 Å². The third kappa shape index (κ3) is 4.06. The molecule has 0 bridgehead atoms. The van der Waals surface area contributed by atoms with Gasteiger partial charge in [0.25, 0.3) is 0 Å². The number of hydrogen-bond acceptors (Lipinski definition) is 4. The van der Waals surface area contributed by atoms with Crippen LogP contribution in [0.3, 0.4) is 0 Å². The maximum Gasteiger partial charge on any atom is 0.351 e. The van der Waals surface area contributed by atoms with E-state index in [0.717, 1.165) is 11.1 Å². The predicted molar refractivity (Wildman–Crippen MR) is 111 cm³/mol. The van der Waals surface area contributed by atoms with Crippen molar-refractivity contribution in [2.45, 2.75) is 33.1 Å². The lowest BCUT2D eigenvalue weighted by molar-refractivity contribution is 0.0522. The molecule has 1 heterocycles. The topological polar surface area (TPSA) is 56.5 Å². The number of ether oxygens (including phenoxy) is 1. The Kier molecular flexibility index (Phi) is 5.50. The molecule has 0 amide bonds. The molecular formula is C24H24O4. The summed E-state index contributed by atoms with van der Waals surface area (Å²) in [5.74, 6) is -0.262. The molecule has 0 atom stereocenters. The van der Waals surface area contributed by atoms with E-state index < -0.39 is 11.6 Å². The minimum absolute atomic E-state index is 0.0301. The molecule has 0 aliphatic carbocycles. The second-order valence-corrected chi connectivity index (χ2v) is 7.60. The number of hydrogen-bond donors (Lipinski definition) is 0. The SMILES string of the molecule is CCOC(=O)c1c(-c2ccccc2)cc(-c2ccc(C(C)(C)C)cc2)oc1=O. The average molecular weight is 376 g/mol. The molecule has 3 rings (SSSR count). The van der Waals surface area contributed by atoms with E-state index >= 15 is 0 Å². The van der Waals surface area contributed by atoms with E-state index in [1.165, 1.54) is 5.56 Å². The quantitative estimate of drug-likeness (QED) is 0.568. The molecule has 4 heteroatoms. The van der Waals surface area contributed by atoms with Crippen molar-refractivity contribution >= 4 is 5.97 Å². The van der Waals surface area contributed by atoms with E-state index in [9.17, 15) is 9.59 Å². The first kappa shape index (κ1) is 19.6. The van der Waals surface area contributed by atoms with E-state index in [1.807, 2.05) is 54.6 Å². The van der Waals surface area contributed by atoms with Gasteiger partial charge in [0.2, 0.25) is 0 Å². The highest BCUT2D eigenvalue weighted by molar-refractivity contribution is 5.97. The van der Waals surface area contributed by atoms with Gasteiger partial charge < -0.3 is 9.15 Å². The Morgan fingerprint density at radius 1 is 0.964 bits per heavy atom. The summed E-state index contributed by atoms with van der Waals surface area (Å²) in [7, 11) is 0. The Morgan fingerprint density at radius 2 is 1.61 bits per heavy atom. The van der Waals surface area contributed by atoms with E-state index in [0.29, 0.717) is 11.3 Å². The van der Waals surface area contributed by atoms with Crippen molar-refractivity contribution in [1.82, 2.24) is 0 Å². The summed E-state index contributed by atoms with van der Waals surface area (Å²) in [6.45, 7) is 8.31. The molecule has 0 radical (unpaired) electrons. The van der Waals surface area contributed by atoms with Crippen molar-refractivity contribution in [1.29, 1.82) is 0 Å². The van der Waals surface area contributed by atoms with Gasteiger partial charge in [-0.1, -0.05) is 75.4 Å². The number of rotatable bonds is 4. The van der Waals surface area contributed by atoms with Crippen LogP contribution >= 0.6 is 0 Å². The fourth-order valence-electron chi connectivity index (χ4n) is 3.01. The molecule has 2 aromatic carbocycles. The third-order valence-corrected chi connectivity index (χ3v) is 4.55. The summed E-state index contributed by atoms with van der Waals surface area (Å²) in [6, 6.07) is 18.9. The summed E-state index contributed by atoms with van der Waals surface area (Å²) in [4.78, 5) is 25.1. The highest BCUT2D eigenvalue weighted by Gasteiger charge is 2.22. The largest absolute Gasteiger partial charge is 0.462 e. The standard InChI is InChI=1S/C24H24O4/c1-5-27-22(25)21-19(16-9-7-6-8-10-16)15-20(28-23(21)26)17-11-13-18(14-12-17)24(2,3)4/h6-15H,5H2,1-4H3. The minimum Gasteiger partial charge on any atom is -0.462 e. The lowest BCUT2D eigenvalue weighted by Gasteiger charge is -2.19. The normalized spacial score (nSPS) is 11.3. The summed E-state index contributed by atoms with van der Waals surface area (Å²) in [5, 5.41) is 0. The molecule has 1 aromatic heterocycles. The van der Waals surface area contributed by atoms with E-state index in [-0.39, 0.29) is 17.6 Å². The lowest BCUT2D eigenvalue weighted by Crippen LogP contribution is -2.18. The molecule has 0 aliphatic heterocycles. The van der Waals surface area contributed by atoms with Crippen molar-refractivity contribution in [3.8, 4) is 22.5 Å². The van der Waals surface area contributed by atoms with Crippen molar-refractivity contribution < 1.29 is 13.9 Å². The first-order chi connectivity index (χ1) is 13.3. The maximum atomic E-state index is 12.7. The second-order valence-electron chi connectivity index (χ2n) is 7.60. The zero-order valence-electron chi connectivity index (χ0n) is 16.6. The number of esters is 1.